The zero-order valence-electron chi connectivity index (χ0n) is 13.9. The van der Waals surface area contributed by atoms with Crippen LogP contribution in [0.1, 0.15) is 25.5 Å². The number of benzene rings is 1. The summed E-state index contributed by atoms with van der Waals surface area (Å²) < 4.78 is 13.3. The summed E-state index contributed by atoms with van der Waals surface area (Å²) in [6, 6.07) is 6.18. The van der Waals surface area contributed by atoms with Crippen molar-refractivity contribution in [1.29, 1.82) is 0 Å². The van der Waals surface area contributed by atoms with Crippen molar-refractivity contribution in [3.8, 4) is 10.6 Å². The molecule has 1 atom stereocenters. The van der Waals surface area contributed by atoms with Gasteiger partial charge in [-0.1, -0.05) is 12.1 Å². The molecule has 132 valence electrons. The Hall–Kier alpha value is -2.28. The van der Waals surface area contributed by atoms with Crippen LogP contribution in [0.5, 0.6) is 0 Å². The summed E-state index contributed by atoms with van der Waals surface area (Å²) >= 11 is 1.36. The lowest BCUT2D eigenvalue weighted by Gasteiger charge is -2.37. The smallest absolute Gasteiger partial charge is 0.311 e. The van der Waals surface area contributed by atoms with Gasteiger partial charge in [0.15, 0.2) is 0 Å². The molecule has 2 aromatic rings. The molecule has 3 rings (SSSR count). The molecule has 25 heavy (non-hydrogen) atoms. The molecule has 0 spiro atoms. The first-order valence-corrected chi connectivity index (χ1v) is 8.97. The number of carboxylic acid groups (broad SMARTS) is 1. The fraction of sp³-hybridized carbons (Fsp3) is 0.389. The van der Waals surface area contributed by atoms with E-state index in [1.165, 1.54) is 23.5 Å². The van der Waals surface area contributed by atoms with E-state index in [-0.39, 0.29) is 24.7 Å². The van der Waals surface area contributed by atoms with Crippen LogP contribution in [0.15, 0.2) is 29.6 Å². The van der Waals surface area contributed by atoms with Gasteiger partial charge in [-0.05, 0) is 31.9 Å². The van der Waals surface area contributed by atoms with Gasteiger partial charge < -0.3 is 10.0 Å². The molecule has 1 fully saturated rings. The Morgan fingerprint density at radius 1 is 1.44 bits per heavy atom. The predicted molar refractivity (Wildman–Crippen MR) is 92.8 cm³/mol. The Morgan fingerprint density at radius 2 is 2.24 bits per heavy atom. The van der Waals surface area contributed by atoms with E-state index in [1.54, 1.807) is 29.3 Å². The van der Waals surface area contributed by atoms with Crippen LogP contribution >= 0.6 is 11.3 Å². The second kappa shape index (κ2) is 6.92. The van der Waals surface area contributed by atoms with Gasteiger partial charge in [0.1, 0.15) is 10.8 Å². The quantitative estimate of drug-likeness (QED) is 0.907. The van der Waals surface area contributed by atoms with Gasteiger partial charge in [-0.15, -0.1) is 11.3 Å². The topological polar surface area (TPSA) is 70.5 Å². The standard InChI is InChI=1S/C18H19FN2O3S/c1-18(17(23)24)6-3-7-21(11-18)15(22)9-14-10-25-16(20-14)12-4-2-5-13(19)8-12/h2,4-5,8,10H,3,6-7,9,11H2,1H3,(H,23,24). The SMILES string of the molecule is CC1(C(=O)O)CCCN(C(=O)Cc2csc(-c3cccc(F)c3)n2)C1. The van der Waals surface area contributed by atoms with Gasteiger partial charge in [0, 0.05) is 24.0 Å². The van der Waals surface area contributed by atoms with Crippen LogP contribution in [0.4, 0.5) is 4.39 Å². The first-order valence-electron chi connectivity index (χ1n) is 8.09. The molecule has 1 aromatic carbocycles. The maximum absolute atomic E-state index is 13.3. The fourth-order valence-corrected chi connectivity index (χ4v) is 3.85. The third-order valence-corrected chi connectivity index (χ3v) is 5.46. The summed E-state index contributed by atoms with van der Waals surface area (Å²) in [5, 5.41) is 11.8. The van der Waals surface area contributed by atoms with Crippen molar-refractivity contribution in [2.24, 2.45) is 5.41 Å². The number of rotatable bonds is 4. The van der Waals surface area contributed by atoms with Crippen molar-refractivity contribution in [2.45, 2.75) is 26.2 Å². The highest BCUT2D eigenvalue weighted by Gasteiger charge is 2.39. The molecular weight excluding hydrogens is 343 g/mol. The highest BCUT2D eigenvalue weighted by atomic mass is 32.1. The Labute approximate surface area is 149 Å². The maximum Gasteiger partial charge on any atom is 0.311 e. The summed E-state index contributed by atoms with van der Waals surface area (Å²) in [6.07, 6.45) is 1.38. The molecule has 0 aliphatic carbocycles. The molecule has 1 unspecified atom stereocenters. The van der Waals surface area contributed by atoms with E-state index in [4.69, 9.17) is 0 Å². The van der Waals surface area contributed by atoms with Gasteiger partial charge in [-0.25, -0.2) is 9.37 Å². The minimum absolute atomic E-state index is 0.122. The lowest BCUT2D eigenvalue weighted by Crippen LogP contribution is -2.48. The monoisotopic (exact) mass is 362 g/mol. The fourth-order valence-electron chi connectivity index (χ4n) is 3.04. The second-order valence-corrected chi connectivity index (χ2v) is 7.47. The van der Waals surface area contributed by atoms with Gasteiger partial charge in [0.05, 0.1) is 17.5 Å². The summed E-state index contributed by atoms with van der Waals surface area (Å²) in [4.78, 5) is 30.0. The van der Waals surface area contributed by atoms with Gasteiger partial charge >= 0.3 is 5.97 Å². The Balaban J connectivity index is 1.68. The van der Waals surface area contributed by atoms with Crippen molar-refractivity contribution < 1.29 is 19.1 Å². The van der Waals surface area contributed by atoms with Crippen LogP contribution < -0.4 is 0 Å². The molecule has 1 N–H and O–H groups in total. The third kappa shape index (κ3) is 3.87. The Morgan fingerprint density at radius 3 is 2.96 bits per heavy atom. The Bertz CT molecular complexity index is 807. The number of carboxylic acids is 1. The summed E-state index contributed by atoms with van der Waals surface area (Å²) in [6.45, 7) is 2.48. The number of nitrogens with zero attached hydrogens (tertiary/aromatic N) is 2. The van der Waals surface area contributed by atoms with Crippen LogP contribution in [0.3, 0.4) is 0 Å². The maximum atomic E-state index is 13.3. The predicted octanol–water partition coefficient (Wildman–Crippen LogP) is 3.21. The minimum atomic E-state index is -0.886. The number of hydrogen-bond acceptors (Lipinski definition) is 4. The molecular formula is C18H19FN2O3S. The van der Waals surface area contributed by atoms with Gasteiger partial charge in [-0.2, -0.15) is 0 Å². The molecule has 0 bridgehead atoms. The van der Waals surface area contributed by atoms with Gasteiger partial charge in [-0.3, -0.25) is 9.59 Å². The van der Waals surface area contributed by atoms with E-state index in [1.807, 2.05) is 0 Å². The molecule has 1 saturated heterocycles. The first-order chi connectivity index (χ1) is 11.9. The molecule has 0 saturated carbocycles. The molecule has 0 radical (unpaired) electrons. The summed E-state index contributed by atoms with van der Waals surface area (Å²) in [7, 11) is 0. The van der Waals surface area contributed by atoms with Crippen molar-refractivity contribution in [1.82, 2.24) is 9.88 Å². The number of amides is 1. The number of halogens is 1. The van der Waals surface area contributed by atoms with Crippen LogP contribution in [0.25, 0.3) is 10.6 Å². The molecule has 2 heterocycles. The van der Waals surface area contributed by atoms with E-state index < -0.39 is 11.4 Å². The number of likely N-dealkylation sites (tertiary alicyclic amines) is 1. The van der Waals surface area contributed by atoms with E-state index in [2.05, 4.69) is 4.98 Å². The highest BCUT2D eigenvalue weighted by Crippen LogP contribution is 2.30. The normalized spacial score (nSPS) is 20.5. The first kappa shape index (κ1) is 17.5. The van der Waals surface area contributed by atoms with Gasteiger partial charge in [0.2, 0.25) is 5.91 Å². The summed E-state index contributed by atoms with van der Waals surface area (Å²) in [5.41, 5.74) is 0.417. The summed E-state index contributed by atoms with van der Waals surface area (Å²) in [5.74, 6) is -1.32. The zero-order valence-corrected chi connectivity index (χ0v) is 14.7. The van der Waals surface area contributed by atoms with Crippen LogP contribution in [0, 0.1) is 11.2 Å². The van der Waals surface area contributed by atoms with Crippen LogP contribution in [-0.4, -0.2) is 40.0 Å². The molecule has 7 heteroatoms. The number of aliphatic carboxylic acids is 1. The van der Waals surface area contributed by atoms with Crippen molar-refractivity contribution in [2.75, 3.05) is 13.1 Å². The van der Waals surface area contributed by atoms with E-state index in [9.17, 15) is 19.1 Å². The molecule has 5 nitrogen and oxygen atoms in total. The average molecular weight is 362 g/mol. The van der Waals surface area contributed by atoms with Crippen LogP contribution in [-0.2, 0) is 16.0 Å². The number of carbonyl (C=O) groups is 2. The lowest BCUT2D eigenvalue weighted by atomic mass is 9.82. The number of thiazole rings is 1. The molecule has 1 amide bonds. The zero-order chi connectivity index (χ0) is 18.0. The third-order valence-electron chi connectivity index (χ3n) is 4.52. The molecule has 1 aliphatic heterocycles. The van der Waals surface area contributed by atoms with Crippen molar-refractivity contribution in [3.63, 3.8) is 0 Å². The van der Waals surface area contributed by atoms with E-state index in [0.29, 0.717) is 35.7 Å². The van der Waals surface area contributed by atoms with Gasteiger partial charge in [0.25, 0.3) is 0 Å². The highest BCUT2D eigenvalue weighted by molar-refractivity contribution is 7.13. The molecule has 1 aliphatic rings. The largest absolute Gasteiger partial charge is 0.481 e. The van der Waals surface area contributed by atoms with Crippen molar-refractivity contribution >= 4 is 23.2 Å². The van der Waals surface area contributed by atoms with Crippen molar-refractivity contribution in [3.05, 3.63) is 41.2 Å². The number of carbonyl (C=O) groups excluding carboxylic acids is 1. The average Bonchev–Trinajstić information content (AvgIpc) is 3.03. The van der Waals surface area contributed by atoms with E-state index in [0.717, 1.165) is 0 Å². The minimum Gasteiger partial charge on any atom is -0.481 e. The number of hydrogen-bond donors (Lipinski definition) is 1. The number of piperidine rings is 1. The van der Waals surface area contributed by atoms with Crippen LogP contribution in [0.2, 0.25) is 0 Å². The number of aromatic nitrogens is 1. The Kier molecular flexibility index (Phi) is 4.85. The molecule has 1 aromatic heterocycles. The lowest BCUT2D eigenvalue weighted by molar-refractivity contribution is -0.153. The second-order valence-electron chi connectivity index (χ2n) is 6.62. The van der Waals surface area contributed by atoms with E-state index >= 15 is 0 Å².